The molecule has 0 aromatic heterocycles. The van der Waals surface area contributed by atoms with Gasteiger partial charge in [-0.3, -0.25) is 0 Å². The normalized spacial score (nSPS) is 22.5. The number of rotatable bonds is 7. The molecule has 0 aromatic rings. The van der Waals surface area contributed by atoms with Crippen LogP contribution in [0.3, 0.4) is 0 Å². The minimum Gasteiger partial charge on any atom is -0.394 e. The molecule has 0 radical (unpaired) electrons. The number of hydrogen-bond acceptors (Lipinski definition) is 4. The lowest BCUT2D eigenvalue weighted by atomic mass is 10.1. The van der Waals surface area contributed by atoms with Crippen molar-refractivity contribution in [1.82, 2.24) is 10.6 Å². The van der Waals surface area contributed by atoms with Gasteiger partial charge in [0.1, 0.15) is 0 Å². The average Bonchev–Trinajstić information content (AvgIpc) is 2.25. The lowest BCUT2D eigenvalue weighted by Gasteiger charge is -2.23. The van der Waals surface area contributed by atoms with Gasteiger partial charge in [0, 0.05) is 19.2 Å². The summed E-state index contributed by atoms with van der Waals surface area (Å²) in [5.74, 6) is 0. The maximum absolute atomic E-state index is 8.48. The third-order valence-corrected chi connectivity index (χ3v) is 2.43. The van der Waals surface area contributed by atoms with Crippen molar-refractivity contribution in [3.05, 3.63) is 0 Å². The Balaban J connectivity index is 1.82. The smallest absolute Gasteiger partial charge is 0.0697 e. The van der Waals surface area contributed by atoms with Gasteiger partial charge in [0.2, 0.25) is 0 Å². The van der Waals surface area contributed by atoms with Crippen LogP contribution in [0.15, 0.2) is 0 Å². The first-order chi connectivity index (χ1) is 6.93. The second-order valence-corrected chi connectivity index (χ2v) is 3.69. The zero-order chi connectivity index (χ0) is 10.1. The Morgan fingerprint density at radius 2 is 2.36 bits per heavy atom. The minimum absolute atomic E-state index is 0.125. The average molecular weight is 202 g/mol. The summed E-state index contributed by atoms with van der Waals surface area (Å²) in [5, 5.41) is 15.3. The monoisotopic (exact) mass is 202 g/mol. The highest BCUT2D eigenvalue weighted by Gasteiger charge is 2.10. The quantitative estimate of drug-likeness (QED) is 0.497. The van der Waals surface area contributed by atoms with Gasteiger partial charge in [-0.1, -0.05) is 0 Å². The number of aliphatic hydroxyl groups excluding tert-OH is 1. The Kier molecular flexibility index (Phi) is 6.95. The molecule has 0 saturated carbocycles. The van der Waals surface area contributed by atoms with E-state index in [1.165, 1.54) is 12.8 Å². The largest absolute Gasteiger partial charge is 0.394 e. The van der Waals surface area contributed by atoms with Crippen molar-refractivity contribution in [1.29, 1.82) is 0 Å². The van der Waals surface area contributed by atoms with Crippen LogP contribution in [0.4, 0.5) is 0 Å². The van der Waals surface area contributed by atoms with Gasteiger partial charge in [-0.25, -0.2) is 0 Å². The summed E-state index contributed by atoms with van der Waals surface area (Å²) in [4.78, 5) is 0. The highest BCUT2D eigenvalue weighted by Crippen LogP contribution is 2.00. The van der Waals surface area contributed by atoms with E-state index in [1.807, 2.05) is 0 Å². The molecule has 0 aromatic carbocycles. The van der Waals surface area contributed by atoms with Crippen molar-refractivity contribution in [2.45, 2.75) is 25.3 Å². The van der Waals surface area contributed by atoms with E-state index in [0.29, 0.717) is 12.6 Å². The molecule has 0 amide bonds. The van der Waals surface area contributed by atoms with Gasteiger partial charge in [-0.15, -0.1) is 0 Å². The van der Waals surface area contributed by atoms with Crippen LogP contribution in [0.25, 0.3) is 0 Å². The van der Waals surface area contributed by atoms with E-state index in [-0.39, 0.29) is 6.61 Å². The fourth-order valence-corrected chi connectivity index (χ4v) is 1.67. The van der Waals surface area contributed by atoms with Crippen LogP contribution in [-0.2, 0) is 4.74 Å². The lowest BCUT2D eigenvalue weighted by molar-refractivity contribution is 0.0902. The van der Waals surface area contributed by atoms with Crippen molar-refractivity contribution in [2.75, 3.05) is 39.5 Å². The number of hydrogen-bond donors (Lipinski definition) is 3. The minimum atomic E-state index is 0.125. The van der Waals surface area contributed by atoms with Crippen LogP contribution >= 0.6 is 0 Å². The van der Waals surface area contributed by atoms with E-state index in [0.717, 1.165) is 32.7 Å². The zero-order valence-corrected chi connectivity index (χ0v) is 8.80. The maximum Gasteiger partial charge on any atom is 0.0697 e. The molecule has 0 bridgehead atoms. The molecule has 1 heterocycles. The molecule has 14 heavy (non-hydrogen) atoms. The molecule has 1 fully saturated rings. The predicted molar refractivity (Wildman–Crippen MR) is 56.4 cm³/mol. The third kappa shape index (κ3) is 5.54. The standard InChI is InChI=1S/C10H22N2O2/c13-6-8-14-7-2-5-12-10-3-1-4-11-9-10/h10-13H,1-9H2. The Labute approximate surface area is 86.0 Å². The van der Waals surface area contributed by atoms with Crippen LogP contribution in [0.2, 0.25) is 0 Å². The van der Waals surface area contributed by atoms with Crippen LogP contribution in [-0.4, -0.2) is 50.6 Å². The zero-order valence-electron chi connectivity index (χ0n) is 8.80. The topological polar surface area (TPSA) is 53.5 Å². The van der Waals surface area contributed by atoms with E-state index in [9.17, 15) is 0 Å². The summed E-state index contributed by atoms with van der Waals surface area (Å²) in [5.41, 5.74) is 0. The first-order valence-electron chi connectivity index (χ1n) is 5.56. The van der Waals surface area contributed by atoms with Crippen LogP contribution in [0.5, 0.6) is 0 Å². The molecule has 1 unspecified atom stereocenters. The molecule has 1 saturated heterocycles. The number of ether oxygens (including phenoxy) is 1. The first-order valence-corrected chi connectivity index (χ1v) is 5.56. The van der Waals surface area contributed by atoms with Crippen molar-refractivity contribution >= 4 is 0 Å². The molecule has 84 valence electrons. The van der Waals surface area contributed by atoms with Crippen LogP contribution in [0.1, 0.15) is 19.3 Å². The molecule has 1 aliphatic rings. The predicted octanol–water partition coefficient (Wildman–Crippen LogP) is -0.273. The molecule has 3 N–H and O–H groups in total. The van der Waals surface area contributed by atoms with E-state index in [1.54, 1.807) is 0 Å². The van der Waals surface area contributed by atoms with E-state index < -0.39 is 0 Å². The van der Waals surface area contributed by atoms with Gasteiger partial charge in [0.25, 0.3) is 0 Å². The van der Waals surface area contributed by atoms with E-state index >= 15 is 0 Å². The van der Waals surface area contributed by atoms with Crippen molar-refractivity contribution in [3.8, 4) is 0 Å². The highest BCUT2D eigenvalue weighted by atomic mass is 16.5. The van der Waals surface area contributed by atoms with Crippen LogP contribution < -0.4 is 10.6 Å². The fraction of sp³-hybridized carbons (Fsp3) is 1.00. The highest BCUT2D eigenvalue weighted by molar-refractivity contribution is 4.74. The SMILES string of the molecule is OCCOCCCNC1CCCNC1. The van der Waals surface area contributed by atoms with Crippen molar-refractivity contribution in [2.24, 2.45) is 0 Å². The second kappa shape index (κ2) is 8.17. The summed E-state index contributed by atoms with van der Waals surface area (Å²) >= 11 is 0. The van der Waals surface area contributed by atoms with Crippen molar-refractivity contribution in [3.63, 3.8) is 0 Å². The number of nitrogens with one attached hydrogen (secondary N) is 2. The molecule has 1 aliphatic heterocycles. The summed E-state index contributed by atoms with van der Waals surface area (Å²) in [6.45, 7) is 4.60. The van der Waals surface area contributed by atoms with Gasteiger partial charge in [0.05, 0.1) is 13.2 Å². The molecule has 4 heteroatoms. The third-order valence-electron chi connectivity index (χ3n) is 2.43. The summed E-state index contributed by atoms with van der Waals surface area (Å²) in [6, 6.07) is 0.640. The number of aliphatic hydroxyl groups is 1. The Morgan fingerprint density at radius 3 is 3.07 bits per heavy atom. The molecule has 1 rings (SSSR count). The molecular formula is C10H22N2O2. The Hall–Kier alpha value is -0.160. The van der Waals surface area contributed by atoms with Gasteiger partial charge >= 0.3 is 0 Å². The molecule has 4 nitrogen and oxygen atoms in total. The van der Waals surface area contributed by atoms with E-state index in [4.69, 9.17) is 9.84 Å². The van der Waals surface area contributed by atoms with Gasteiger partial charge in [-0.2, -0.15) is 0 Å². The van der Waals surface area contributed by atoms with Crippen molar-refractivity contribution < 1.29 is 9.84 Å². The fourth-order valence-electron chi connectivity index (χ4n) is 1.67. The summed E-state index contributed by atoms with van der Waals surface area (Å²) < 4.78 is 5.17. The summed E-state index contributed by atoms with van der Waals surface area (Å²) in [6.07, 6.45) is 3.58. The molecule has 0 spiro atoms. The van der Waals surface area contributed by atoms with Gasteiger partial charge in [-0.05, 0) is 32.4 Å². The summed E-state index contributed by atoms with van der Waals surface area (Å²) in [7, 11) is 0. The first kappa shape index (κ1) is 11.9. The Bertz CT molecular complexity index is 127. The van der Waals surface area contributed by atoms with E-state index in [2.05, 4.69) is 10.6 Å². The van der Waals surface area contributed by atoms with Gasteiger partial charge < -0.3 is 20.5 Å². The lowest BCUT2D eigenvalue weighted by Crippen LogP contribution is -2.43. The molecular weight excluding hydrogens is 180 g/mol. The maximum atomic E-state index is 8.48. The second-order valence-electron chi connectivity index (χ2n) is 3.69. The van der Waals surface area contributed by atoms with Gasteiger partial charge in [0.15, 0.2) is 0 Å². The molecule has 1 atom stereocenters. The number of piperidine rings is 1. The Morgan fingerprint density at radius 1 is 1.43 bits per heavy atom. The van der Waals surface area contributed by atoms with Crippen LogP contribution in [0, 0.1) is 0 Å². The molecule has 0 aliphatic carbocycles.